The van der Waals surface area contributed by atoms with Crippen molar-refractivity contribution in [1.29, 1.82) is 0 Å². The second kappa shape index (κ2) is 5.53. The van der Waals surface area contributed by atoms with Gasteiger partial charge in [-0.15, -0.1) is 0 Å². The van der Waals surface area contributed by atoms with Crippen LogP contribution in [-0.4, -0.2) is 4.98 Å². The molecule has 0 aliphatic carbocycles. The minimum Gasteiger partial charge on any atom is -0.248 e. The molecular formula is C17H12IN. The van der Waals surface area contributed by atoms with Gasteiger partial charge in [-0.25, -0.2) is 4.98 Å². The van der Waals surface area contributed by atoms with Crippen molar-refractivity contribution in [3.05, 3.63) is 75.5 Å². The van der Waals surface area contributed by atoms with E-state index in [0.717, 1.165) is 11.2 Å². The van der Waals surface area contributed by atoms with Crippen molar-refractivity contribution in [2.45, 2.75) is 0 Å². The molecule has 0 N–H and O–H groups in total. The van der Waals surface area contributed by atoms with Gasteiger partial charge in [0.2, 0.25) is 0 Å². The van der Waals surface area contributed by atoms with Crippen LogP contribution in [0.2, 0.25) is 0 Å². The van der Waals surface area contributed by atoms with Crippen molar-refractivity contribution in [1.82, 2.24) is 4.98 Å². The van der Waals surface area contributed by atoms with E-state index in [4.69, 9.17) is 0 Å². The van der Waals surface area contributed by atoms with Crippen molar-refractivity contribution in [2.24, 2.45) is 0 Å². The summed E-state index contributed by atoms with van der Waals surface area (Å²) in [5.41, 5.74) is 3.21. The molecule has 0 saturated heterocycles. The van der Waals surface area contributed by atoms with Crippen LogP contribution in [0.1, 0.15) is 11.3 Å². The molecule has 0 atom stereocenters. The molecule has 0 unspecified atom stereocenters. The van der Waals surface area contributed by atoms with Crippen LogP contribution in [0, 0.1) is 3.57 Å². The Balaban J connectivity index is 1.92. The number of aromatic nitrogens is 1. The minimum atomic E-state index is 0.984. The van der Waals surface area contributed by atoms with E-state index in [1.54, 1.807) is 0 Å². The van der Waals surface area contributed by atoms with Gasteiger partial charge in [-0.05, 0) is 58.5 Å². The molecule has 3 aromatic rings. The van der Waals surface area contributed by atoms with Crippen molar-refractivity contribution in [3.63, 3.8) is 0 Å². The highest BCUT2D eigenvalue weighted by atomic mass is 127. The van der Waals surface area contributed by atoms with Crippen molar-refractivity contribution < 1.29 is 0 Å². The molecule has 92 valence electrons. The highest BCUT2D eigenvalue weighted by Crippen LogP contribution is 2.14. The number of hydrogen-bond donors (Lipinski definition) is 0. The monoisotopic (exact) mass is 357 g/mol. The van der Waals surface area contributed by atoms with E-state index in [-0.39, 0.29) is 0 Å². The highest BCUT2D eigenvalue weighted by Gasteiger charge is 1.95. The van der Waals surface area contributed by atoms with E-state index in [1.165, 1.54) is 14.5 Å². The Morgan fingerprint density at radius 2 is 1.74 bits per heavy atom. The predicted octanol–water partition coefficient (Wildman–Crippen LogP) is 5.01. The fourth-order valence-corrected chi connectivity index (χ4v) is 2.53. The first-order valence-electron chi connectivity index (χ1n) is 6.11. The summed E-state index contributed by atoms with van der Waals surface area (Å²) in [5.74, 6) is 0. The van der Waals surface area contributed by atoms with E-state index in [1.807, 2.05) is 24.3 Å². The van der Waals surface area contributed by atoms with Gasteiger partial charge in [0.05, 0.1) is 11.2 Å². The summed E-state index contributed by atoms with van der Waals surface area (Å²) in [5, 5.41) is 1.17. The first-order valence-corrected chi connectivity index (χ1v) is 7.19. The maximum absolute atomic E-state index is 4.62. The molecule has 0 saturated carbocycles. The smallest absolute Gasteiger partial charge is 0.0709 e. The van der Waals surface area contributed by atoms with Crippen LogP contribution in [0.5, 0.6) is 0 Å². The van der Waals surface area contributed by atoms with Crippen molar-refractivity contribution in [2.75, 3.05) is 0 Å². The van der Waals surface area contributed by atoms with Gasteiger partial charge in [-0.1, -0.05) is 42.5 Å². The van der Waals surface area contributed by atoms with Gasteiger partial charge in [0.1, 0.15) is 0 Å². The number of pyridine rings is 1. The van der Waals surface area contributed by atoms with Crippen LogP contribution in [0.3, 0.4) is 0 Å². The molecule has 0 bridgehead atoms. The third kappa shape index (κ3) is 3.01. The molecule has 0 fully saturated rings. The van der Waals surface area contributed by atoms with E-state index in [2.05, 4.69) is 76.1 Å². The highest BCUT2D eigenvalue weighted by molar-refractivity contribution is 14.1. The number of hydrogen-bond acceptors (Lipinski definition) is 1. The number of rotatable bonds is 2. The summed E-state index contributed by atoms with van der Waals surface area (Å²) >= 11 is 2.32. The summed E-state index contributed by atoms with van der Waals surface area (Å²) in [7, 11) is 0. The van der Waals surface area contributed by atoms with Gasteiger partial charge in [-0.2, -0.15) is 0 Å². The molecule has 2 heteroatoms. The molecular weight excluding hydrogens is 345 g/mol. The van der Waals surface area contributed by atoms with Crippen LogP contribution >= 0.6 is 22.6 Å². The van der Waals surface area contributed by atoms with E-state index in [9.17, 15) is 0 Å². The zero-order valence-corrected chi connectivity index (χ0v) is 12.4. The second-order valence-corrected chi connectivity index (χ2v) is 5.56. The zero-order chi connectivity index (χ0) is 13.1. The lowest BCUT2D eigenvalue weighted by molar-refractivity contribution is 1.37. The lowest BCUT2D eigenvalue weighted by Crippen LogP contribution is -1.82. The predicted molar refractivity (Wildman–Crippen MR) is 89.8 cm³/mol. The van der Waals surface area contributed by atoms with E-state index >= 15 is 0 Å². The molecule has 0 amide bonds. The van der Waals surface area contributed by atoms with Crippen LogP contribution in [0.15, 0.2) is 60.7 Å². The standard InChI is InChI=1S/C17H12IN/c18-15-6-3-4-13(12-15)8-10-16-11-9-14-5-1-2-7-17(14)19-16/h1-12H/b10-8+. The lowest BCUT2D eigenvalue weighted by atomic mass is 10.1. The lowest BCUT2D eigenvalue weighted by Gasteiger charge is -1.99. The van der Waals surface area contributed by atoms with Gasteiger partial charge in [0.25, 0.3) is 0 Å². The van der Waals surface area contributed by atoms with Crippen LogP contribution in [-0.2, 0) is 0 Å². The SMILES string of the molecule is Ic1cccc(/C=C/c2ccc3ccccc3n2)c1. The molecule has 2 aromatic carbocycles. The Morgan fingerprint density at radius 3 is 2.63 bits per heavy atom. The molecule has 1 aromatic heterocycles. The third-order valence-electron chi connectivity index (χ3n) is 2.92. The molecule has 0 aliphatic heterocycles. The molecule has 0 spiro atoms. The first kappa shape index (κ1) is 12.4. The summed E-state index contributed by atoms with van der Waals surface area (Å²) in [6.45, 7) is 0. The third-order valence-corrected chi connectivity index (χ3v) is 3.59. The van der Waals surface area contributed by atoms with Crippen LogP contribution < -0.4 is 0 Å². The average molecular weight is 357 g/mol. The van der Waals surface area contributed by atoms with Crippen LogP contribution in [0.25, 0.3) is 23.1 Å². The van der Waals surface area contributed by atoms with Gasteiger partial charge in [-0.3, -0.25) is 0 Å². The molecule has 3 rings (SSSR count). The quantitative estimate of drug-likeness (QED) is 0.588. The number of para-hydroxylation sites is 1. The first-order chi connectivity index (χ1) is 9.31. The van der Waals surface area contributed by atoms with Gasteiger partial charge >= 0.3 is 0 Å². The molecule has 19 heavy (non-hydrogen) atoms. The summed E-state index contributed by atoms with van der Waals surface area (Å²) in [6.07, 6.45) is 4.15. The molecule has 0 aliphatic rings. The maximum Gasteiger partial charge on any atom is 0.0709 e. The minimum absolute atomic E-state index is 0.984. The number of nitrogens with zero attached hydrogens (tertiary/aromatic N) is 1. The van der Waals surface area contributed by atoms with Crippen molar-refractivity contribution in [3.8, 4) is 0 Å². The van der Waals surface area contributed by atoms with Gasteiger partial charge in [0.15, 0.2) is 0 Å². The zero-order valence-electron chi connectivity index (χ0n) is 10.3. The molecule has 1 heterocycles. The summed E-state index contributed by atoms with van der Waals surface area (Å²) < 4.78 is 1.24. The number of benzene rings is 2. The molecule has 0 radical (unpaired) electrons. The Morgan fingerprint density at radius 1 is 0.842 bits per heavy atom. The average Bonchev–Trinajstić information content (AvgIpc) is 2.45. The summed E-state index contributed by atoms with van der Waals surface area (Å²) in [4.78, 5) is 4.62. The fraction of sp³-hybridized carbons (Fsp3) is 0. The fourth-order valence-electron chi connectivity index (χ4n) is 1.97. The number of fused-ring (bicyclic) bond motifs is 1. The Labute approximate surface area is 126 Å². The maximum atomic E-state index is 4.62. The summed E-state index contributed by atoms with van der Waals surface area (Å²) in [6, 6.07) is 20.7. The van der Waals surface area contributed by atoms with Gasteiger partial charge < -0.3 is 0 Å². The molecule has 1 nitrogen and oxygen atoms in total. The topological polar surface area (TPSA) is 12.9 Å². The normalized spacial score (nSPS) is 11.2. The van der Waals surface area contributed by atoms with Gasteiger partial charge in [0, 0.05) is 8.96 Å². The van der Waals surface area contributed by atoms with E-state index in [0.29, 0.717) is 0 Å². The van der Waals surface area contributed by atoms with Crippen LogP contribution in [0.4, 0.5) is 0 Å². The van der Waals surface area contributed by atoms with Crippen molar-refractivity contribution >= 4 is 45.6 Å². The Bertz CT molecular complexity index is 747. The largest absolute Gasteiger partial charge is 0.248 e. The Hall–Kier alpha value is -1.68. The second-order valence-electron chi connectivity index (χ2n) is 4.32. The van der Waals surface area contributed by atoms with E-state index < -0.39 is 0 Å². The Kier molecular flexibility index (Phi) is 3.60. The number of halogens is 1.